The molecule has 0 radical (unpaired) electrons. The molecule has 0 atom stereocenters. The Bertz CT molecular complexity index is 123. The summed E-state index contributed by atoms with van der Waals surface area (Å²) in [6.45, 7) is 1.35. The molecule has 0 saturated carbocycles. The van der Waals surface area contributed by atoms with E-state index in [9.17, 15) is 4.79 Å². The third kappa shape index (κ3) is 5.45. The second-order valence-corrected chi connectivity index (χ2v) is 1.16. The Morgan fingerprint density at radius 3 is 2.22 bits per heavy atom. The second-order valence-electron chi connectivity index (χ2n) is 1.16. The van der Waals surface area contributed by atoms with Gasteiger partial charge in [-0.3, -0.25) is 0 Å². The third-order valence-electron chi connectivity index (χ3n) is 0.538. The molecule has 52 valence electrons. The molecule has 0 aromatic heterocycles. The molecule has 0 bridgehead atoms. The van der Waals surface area contributed by atoms with Gasteiger partial charge in [-0.1, -0.05) is 5.16 Å². The summed E-state index contributed by atoms with van der Waals surface area (Å²) in [6.07, 6.45) is 0. The van der Waals surface area contributed by atoms with Gasteiger partial charge in [-0.05, 0) is 6.92 Å². The van der Waals surface area contributed by atoms with Gasteiger partial charge in [0.15, 0.2) is 5.71 Å². The molecule has 0 heterocycles. The molecule has 0 fully saturated rings. The Labute approximate surface area is 65.9 Å². The van der Waals surface area contributed by atoms with E-state index in [1.54, 1.807) is 0 Å². The summed E-state index contributed by atoms with van der Waals surface area (Å²) < 4.78 is 0. The van der Waals surface area contributed by atoms with Crippen LogP contribution >= 0.6 is 0 Å². The van der Waals surface area contributed by atoms with Gasteiger partial charge in [0.2, 0.25) is 0 Å². The number of rotatable bonds is 2. The van der Waals surface area contributed by atoms with Crippen molar-refractivity contribution in [3.63, 3.8) is 0 Å². The van der Waals surface area contributed by atoms with Crippen LogP contribution in [0.25, 0.3) is 0 Å². The van der Waals surface area contributed by atoms with Crippen molar-refractivity contribution in [3.8, 4) is 0 Å². The molecule has 4 nitrogen and oxygen atoms in total. The molecule has 0 rings (SSSR count). The Balaban J connectivity index is 0. The first-order valence-corrected chi connectivity index (χ1v) is 1.99. The first-order valence-electron chi connectivity index (χ1n) is 1.99. The Hall–Kier alpha value is -0.424. The molecule has 0 aliphatic carbocycles. The molecule has 0 aromatic carbocycles. The molecule has 0 unspecified atom stereocenters. The fraction of sp³-hybridized carbons (Fsp3) is 0.500. The monoisotopic (exact) mass is 189 g/mol. The topological polar surface area (TPSA) is 58.9 Å². The van der Waals surface area contributed by atoms with Crippen LogP contribution < -0.4 is 0 Å². The first kappa shape index (κ1) is 11.4. The standard InChI is InChI=1S/C4H7NO3.Ga.3H/c1-3(4(6)7)5-8-2;;;;/h1-2H3,(H,6,7);;;;. The summed E-state index contributed by atoms with van der Waals surface area (Å²) in [4.78, 5) is 14.1. The van der Waals surface area contributed by atoms with Gasteiger partial charge in [0.25, 0.3) is 0 Å². The van der Waals surface area contributed by atoms with Crippen LogP contribution in [0.3, 0.4) is 0 Å². The minimum absolute atomic E-state index is 0. The van der Waals surface area contributed by atoms with Gasteiger partial charge in [0, 0.05) is 0 Å². The van der Waals surface area contributed by atoms with E-state index in [0.29, 0.717) is 0 Å². The molecule has 1 N–H and O–H groups in total. The summed E-state index contributed by atoms with van der Waals surface area (Å²) in [6, 6.07) is 0. The molecular weight excluding hydrogens is 180 g/mol. The molecule has 0 aliphatic rings. The van der Waals surface area contributed by atoms with Crippen molar-refractivity contribution in [2.75, 3.05) is 7.11 Å². The zero-order chi connectivity index (χ0) is 6.57. The van der Waals surface area contributed by atoms with E-state index in [1.165, 1.54) is 14.0 Å². The van der Waals surface area contributed by atoms with Crippen molar-refractivity contribution in [1.29, 1.82) is 0 Å². The molecule has 9 heavy (non-hydrogen) atoms. The molecule has 0 spiro atoms. The Morgan fingerprint density at radius 2 is 2.11 bits per heavy atom. The summed E-state index contributed by atoms with van der Waals surface area (Å²) in [5, 5.41) is 11.2. The first-order chi connectivity index (χ1) is 3.68. The van der Waals surface area contributed by atoms with Gasteiger partial charge in [-0.15, -0.1) is 0 Å². The van der Waals surface area contributed by atoms with Crippen molar-refractivity contribution in [1.82, 2.24) is 0 Å². The second kappa shape index (κ2) is 5.71. The van der Waals surface area contributed by atoms with Crippen LogP contribution in [0, 0.1) is 0 Å². The van der Waals surface area contributed by atoms with Gasteiger partial charge in [0.05, 0.1) is 0 Å². The average Bonchev–Trinajstić information content (AvgIpc) is 1.67. The van der Waals surface area contributed by atoms with Crippen molar-refractivity contribution >= 4 is 31.5 Å². The zero-order valence-corrected chi connectivity index (χ0v) is 4.71. The average molecular weight is 190 g/mol. The van der Waals surface area contributed by atoms with Crippen LogP contribution in [0.4, 0.5) is 0 Å². The number of carbonyl (C=O) groups is 1. The SMILES string of the molecule is CON=C(C)C(=O)O.[GaH3]. The predicted octanol–water partition coefficient (Wildman–Crippen LogP) is -1.09. The number of hydrogen-bond donors (Lipinski definition) is 1. The van der Waals surface area contributed by atoms with Crippen LogP contribution in [-0.4, -0.2) is 43.7 Å². The number of hydrogen-bond acceptors (Lipinski definition) is 3. The summed E-state index contributed by atoms with van der Waals surface area (Å²) in [5.41, 5.74) is -0.0486. The van der Waals surface area contributed by atoms with Crippen LogP contribution in [0.2, 0.25) is 0 Å². The Kier molecular flexibility index (Phi) is 7.22. The van der Waals surface area contributed by atoms with Crippen LogP contribution in [0.15, 0.2) is 5.16 Å². The fourth-order valence-electron chi connectivity index (χ4n) is 0.176. The van der Waals surface area contributed by atoms with Crippen molar-refractivity contribution in [2.45, 2.75) is 6.92 Å². The van der Waals surface area contributed by atoms with E-state index in [4.69, 9.17) is 5.11 Å². The molecule has 5 heteroatoms. The van der Waals surface area contributed by atoms with Gasteiger partial charge in [-0.2, -0.15) is 0 Å². The van der Waals surface area contributed by atoms with E-state index >= 15 is 0 Å². The van der Waals surface area contributed by atoms with Crippen molar-refractivity contribution < 1.29 is 14.7 Å². The van der Waals surface area contributed by atoms with Gasteiger partial charge < -0.3 is 9.94 Å². The number of aliphatic carboxylic acids is 1. The molecular formula is C4H10GaNO3. The van der Waals surface area contributed by atoms with E-state index in [2.05, 4.69) is 9.99 Å². The van der Waals surface area contributed by atoms with E-state index in [-0.39, 0.29) is 25.5 Å². The molecule has 0 amide bonds. The van der Waals surface area contributed by atoms with E-state index < -0.39 is 5.97 Å². The van der Waals surface area contributed by atoms with Crippen LogP contribution in [0.5, 0.6) is 0 Å². The summed E-state index contributed by atoms with van der Waals surface area (Å²) in [5.74, 6) is -1.06. The minimum atomic E-state index is -1.06. The normalized spacial score (nSPS) is 9.78. The van der Waals surface area contributed by atoms with Gasteiger partial charge in [-0.25, -0.2) is 4.79 Å². The number of carboxylic acids is 1. The summed E-state index contributed by atoms with van der Waals surface area (Å²) >= 11 is 0. The van der Waals surface area contributed by atoms with Gasteiger partial charge in [0.1, 0.15) is 7.11 Å². The van der Waals surface area contributed by atoms with Crippen molar-refractivity contribution in [2.24, 2.45) is 5.16 Å². The maximum absolute atomic E-state index is 9.88. The van der Waals surface area contributed by atoms with Crippen molar-refractivity contribution in [3.05, 3.63) is 0 Å². The predicted molar refractivity (Wildman–Crippen MR) is 37.7 cm³/mol. The number of oxime groups is 1. The third-order valence-corrected chi connectivity index (χ3v) is 0.538. The van der Waals surface area contributed by atoms with Gasteiger partial charge >= 0.3 is 25.8 Å². The number of carboxylic acid groups (broad SMARTS) is 1. The quantitative estimate of drug-likeness (QED) is 0.341. The fourth-order valence-corrected chi connectivity index (χ4v) is 0.176. The Morgan fingerprint density at radius 1 is 1.67 bits per heavy atom. The zero-order valence-electron chi connectivity index (χ0n) is 4.71. The van der Waals surface area contributed by atoms with E-state index in [1.807, 2.05) is 0 Å². The van der Waals surface area contributed by atoms with Crippen LogP contribution in [-0.2, 0) is 9.63 Å². The maximum atomic E-state index is 9.88. The molecule has 0 aliphatic heterocycles. The van der Waals surface area contributed by atoms with Crippen LogP contribution in [0.1, 0.15) is 6.92 Å². The number of nitrogens with zero attached hydrogens (tertiary/aromatic N) is 1. The molecule has 0 aromatic rings. The molecule has 0 saturated heterocycles. The summed E-state index contributed by atoms with van der Waals surface area (Å²) in [7, 11) is 1.30. The van der Waals surface area contributed by atoms with E-state index in [0.717, 1.165) is 0 Å².